The molecular weight excluding hydrogens is 250 g/mol. The molecule has 0 aliphatic rings. The smallest absolute Gasteiger partial charge is 0.152 e. The Morgan fingerprint density at radius 3 is 2.50 bits per heavy atom. The zero-order valence-electron chi connectivity index (χ0n) is 13.0. The van der Waals surface area contributed by atoms with Crippen molar-refractivity contribution < 1.29 is 0 Å². The molecule has 0 spiro atoms. The van der Waals surface area contributed by atoms with E-state index in [1.807, 2.05) is 17.7 Å². The number of aromatic nitrogens is 4. The second kappa shape index (κ2) is 6.03. The van der Waals surface area contributed by atoms with Gasteiger partial charge in [0.1, 0.15) is 12.4 Å². The normalized spacial score (nSPS) is 10.8. The van der Waals surface area contributed by atoms with Crippen LogP contribution in [-0.4, -0.2) is 26.3 Å². The molecule has 20 heavy (non-hydrogen) atoms. The summed E-state index contributed by atoms with van der Waals surface area (Å²) in [5.41, 5.74) is 4.61. The van der Waals surface area contributed by atoms with Crippen LogP contribution in [0.5, 0.6) is 0 Å². The molecule has 108 valence electrons. The Balaban J connectivity index is 2.30. The molecule has 0 fully saturated rings. The van der Waals surface area contributed by atoms with E-state index in [-0.39, 0.29) is 0 Å². The van der Waals surface area contributed by atoms with Crippen molar-refractivity contribution >= 4 is 5.82 Å². The molecule has 1 N–H and O–H groups in total. The molecule has 0 atom stereocenters. The third-order valence-electron chi connectivity index (χ3n) is 3.43. The van der Waals surface area contributed by atoms with Gasteiger partial charge in [0.05, 0.1) is 5.69 Å². The van der Waals surface area contributed by atoms with E-state index in [2.05, 4.69) is 48.1 Å². The minimum absolute atomic E-state index is 0.618. The van der Waals surface area contributed by atoms with Crippen molar-refractivity contribution in [3.05, 3.63) is 34.5 Å². The van der Waals surface area contributed by atoms with Crippen LogP contribution in [0.4, 0.5) is 5.82 Å². The maximum absolute atomic E-state index is 4.60. The van der Waals surface area contributed by atoms with E-state index < -0.39 is 0 Å². The zero-order chi connectivity index (χ0) is 14.7. The van der Waals surface area contributed by atoms with Gasteiger partial charge in [-0.05, 0) is 39.7 Å². The predicted molar refractivity (Wildman–Crippen MR) is 81.1 cm³/mol. The van der Waals surface area contributed by atoms with E-state index in [4.69, 9.17) is 0 Å². The molecule has 0 saturated heterocycles. The molecule has 0 aromatic carbocycles. The lowest BCUT2D eigenvalue weighted by molar-refractivity contribution is 0.629. The molecule has 0 aliphatic carbocycles. The molecule has 2 aromatic rings. The van der Waals surface area contributed by atoms with E-state index >= 15 is 0 Å². The molecule has 2 heterocycles. The van der Waals surface area contributed by atoms with Crippen LogP contribution in [0.1, 0.15) is 42.3 Å². The lowest BCUT2D eigenvalue weighted by atomic mass is 10.1. The highest BCUT2D eigenvalue weighted by molar-refractivity contribution is 5.35. The van der Waals surface area contributed by atoms with Crippen molar-refractivity contribution in [1.82, 2.24) is 19.7 Å². The monoisotopic (exact) mass is 273 g/mol. The first-order valence-electron chi connectivity index (χ1n) is 7.16. The highest BCUT2D eigenvalue weighted by Gasteiger charge is 2.11. The van der Waals surface area contributed by atoms with Gasteiger partial charge >= 0.3 is 0 Å². The molecule has 5 nitrogen and oxygen atoms in total. The molecule has 0 aliphatic heterocycles. The number of nitrogens with one attached hydrogen (secondary N) is 1. The first kappa shape index (κ1) is 14.5. The highest BCUT2D eigenvalue weighted by atomic mass is 15.3. The van der Waals surface area contributed by atoms with E-state index in [1.54, 1.807) is 0 Å². The number of hydrogen-bond acceptors (Lipinski definition) is 4. The van der Waals surface area contributed by atoms with Gasteiger partial charge in [-0.15, -0.1) is 0 Å². The summed E-state index contributed by atoms with van der Waals surface area (Å²) in [6.07, 6.45) is 1.01. The summed E-state index contributed by atoms with van der Waals surface area (Å²) < 4.78 is 2.00. The number of nitrogens with zero attached hydrogens (tertiary/aromatic N) is 4. The van der Waals surface area contributed by atoms with Crippen molar-refractivity contribution in [3.63, 3.8) is 0 Å². The first-order valence-corrected chi connectivity index (χ1v) is 7.16. The van der Waals surface area contributed by atoms with Gasteiger partial charge in [0, 0.05) is 24.0 Å². The first-order chi connectivity index (χ1) is 9.55. The largest absolute Gasteiger partial charge is 0.370 e. The number of aryl methyl sites for hydroxylation is 2. The van der Waals surface area contributed by atoms with Gasteiger partial charge in [0.2, 0.25) is 0 Å². The number of rotatable bonds is 5. The summed E-state index contributed by atoms with van der Waals surface area (Å²) in [7, 11) is 0. The van der Waals surface area contributed by atoms with Crippen LogP contribution in [-0.2, 0) is 13.0 Å². The fourth-order valence-electron chi connectivity index (χ4n) is 2.51. The molecule has 5 heteroatoms. The fraction of sp³-hybridized carbons (Fsp3) is 0.533. The minimum atomic E-state index is 0.618. The lowest BCUT2D eigenvalue weighted by Crippen LogP contribution is -2.10. The maximum atomic E-state index is 4.60. The second-order valence-electron chi connectivity index (χ2n) is 5.00. The molecular formula is C15H23N5. The van der Waals surface area contributed by atoms with Gasteiger partial charge in [0.15, 0.2) is 5.82 Å². The Kier molecular flexibility index (Phi) is 4.37. The van der Waals surface area contributed by atoms with Crippen molar-refractivity contribution in [2.45, 2.75) is 47.6 Å². The molecule has 0 radical (unpaired) electrons. The summed E-state index contributed by atoms with van der Waals surface area (Å²) in [6.45, 7) is 11.9. The number of anilines is 1. The summed E-state index contributed by atoms with van der Waals surface area (Å²) in [5.74, 6) is 1.68. The average molecular weight is 273 g/mol. The van der Waals surface area contributed by atoms with Gasteiger partial charge in [-0.25, -0.2) is 9.97 Å². The van der Waals surface area contributed by atoms with Crippen molar-refractivity contribution in [2.75, 3.05) is 11.9 Å². The average Bonchev–Trinajstić information content (AvgIpc) is 2.63. The molecule has 0 saturated carbocycles. The van der Waals surface area contributed by atoms with Gasteiger partial charge in [-0.2, -0.15) is 5.10 Å². The van der Waals surface area contributed by atoms with Crippen LogP contribution in [0.3, 0.4) is 0 Å². The summed E-state index contributed by atoms with van der Waals surface area (Å²) in [6, 6.07) is 1.96. The SMILES string of the molecule is CCNc1cc(C)nc(Cn2nc(C)c(CC)c2C)n1. The molecule has 0 unspecified atom stereocenters. The van der Waals surface area contributed by atoms with Crippen LogP contribution in [0, 0.1) is 20.8 Å². The zero-order valence-corrected chi connectivity index (χ0v) is 13.0. The second-order valence-corrected chi connectivity index (χ2v) is 5.00. The fourth-order valence-corrected chi connectivity index (χ4v) is 2.51. The summed E-state index contributed by atoms with van der Waals surface area (Å²) >= 11 is 0. The van der Waals surface area contributed by atoms with Gasteiger partial charge in [-0.3, -0.25) is 4.68 Å². The summed E-state index contributed by atoms with van der Waals surface area (Å²) in [4.78, 5) is 9.05. The van der Waals surface area contributed by atoms with E-state index in [0.29, 0.717) is 6.54 Å². The topological polar surface area (TPSA) is 55.6 Å². The highest BCUT2D eigenvalue weighted by Crippen LogP contribution is 2.15. The maximum Gasteiger partial charge on any atom is 0.152 e. The Morgan fingerprint density at radius 2 is 1.90 bits per heavy atom. The van der Waals surface area contributed by atoms with Crippen LogP contribution >= 0.6 is 0 Å². The van der Waals surface area contributed by atoms with Crippen molar-refractivity contribution in [3.8, 4) is 0 Å². The third-order valence-corrected chi connectivity index (χ3v) is 3.43. The van der Waals surface area contributed by atoms with Gasteiger partial charge < -0.3 is 5.32 Å². The van der Waals surface area contributed by atoms with E-state index in [0.717, 1.165) is 36.0 Å². The van der Waals surface area contributed by atoms with Gasteiger partial charge in [-0.1, -0.05) is 6.92 Å². The lowest BCUT2D eigenvalue weighted by Gasteiger charge is -2.08. The minimum Gasteiger partial charge on any atom is -0.370 e. The summed E-state index contributed by atoms with van der Waals surface area (Å²) in [5, 5.41) is 7.83. The van der Waals surface area contributed by atoms with Gasteiger partial charge in [0.25, 0.3) is 0 Å². The molecule has 0 bridgehead atoms. The molecule has 2 rings (SSSR count). The predicted octanol–water partition coefficient (Wildman–Crippen LogP) is 2.64. The van der Waals surface area contributed by atoms with E-state index in [1.165, 1.54) is 11.3 Å². The van der Waals surface area contributed by atoms with Crippen molar-refractivity contribution in [2.24, 2.45) is 0 Å². The Labute approximate surface area is 120 Å². The quantitative estimate of drug-likeness (QED) is 0.910. The van der Waals surface area contributed by atoms with E-state index in [9.17, 15) is 0 Å². The van der Waals surface area contributed by atoms with Crippen molar-refractivity contribution in [1.29, 1.82) is 0 Å². The number of hydrogen-bond donors (Lipinski definition) is 1. The Morgan fingerprint density at radius 1 is 1.15 bits per heavy atom. The van der Waals surface area contributed by atoms with Crippen LogP contribution in [0.2, 0.25) is 0 Å². The van der Waals surface area contributed by atoms with Crippen LogP contribution in [0.15, 0.2) is 6.07 Å². The van der Waals surface area contributed by atoms with Crippen LogP contribution < -0.4 is 5.32 Å². The Bertz CT molecular complexity index is 601. The van der Waals surface area contributed by atoms with Crippen LogP contribution in [0.25, 0.3) is 0 Å². The molecule has 2 aromatic heterocycles. The Hall–Kier alpha value is -1.91. The third kappa shape index (κ3) is 2.98. The standard InChI is InChI=1S/C15H23N5/c1-6-13-11(4)19-20(12(13)5)9-15-17-10(3)8-14(18-15)16-7-2/h8H,6-7,9H2,1-5H3,(H,16,17,18). The molecule has 0 amide bonds.